The van der Waals surface area contributed by atoms with Crippen LogP contribution in [0.1, 0.15) is 12.8 Å². The Balaban J connectivity index is 2.25. The van der Waals surface area contributed by atoms with Crippen molar-refractivity contribution in [2.45, 2.75) is 18.9 Å². The van der Waals surface area contributed by atoms with E-state index in [1.165, 1.54) is 4.73 Å². The van der Waals surface area contributed by atoms with Gasteiger partial charge in [-0.15, -0.1) is 0 Å². The Morgan fingerprint density at radius 3 is 2.59 bits per heavy atom. The molecule has 1 atom stereocenters. The first kappa shape index (κ1) is 13.0. The highest BCUT2D eigenvalue weighted by Crippen LogP contribution is 1.97. The minimum atomic E-state index is -0.674. The number of hydrogen-bond donors (Lipinski definition) is 3. The molecule has 0 spiro atoms. The van der Waals surface area contributed by atoms with E-state index >= 15 is 0 Å². The van der Waals surface area contributed by atoms with Crippen molar-refractivity contribution in [3.8, 4) is 0 Å². The Morgan fingerprint density at radius 2 is 2.00 bits per heavy atom. The maximum atomic E-state index is 11.5. The Hall–Kier alpha value is -2.02. The molecule has 0 unspecified atom stereocenters. The molecule has 94 valence electrons. The number of guanidine groups is 1. The van der Waals surface area contributed by atoms with Crippen molar-refractivity contribution in [2.75, 3.05) is 6.54 Å². The summed E-state index contributed by atoms with van der Waals surface area (Å²) in [6.45, 7) is 0.451. The summed E-state index contributed by atoms with van der Waals surface area (Å²) in [6.07, 6.45) is 4.32. The quantitative estimate of drug-likeness (QED) is 0.328. The number of carbonyl (C=O) groups is 1. The normalized spacial score (nSPS) is 11.8. The third-order valence-electron chi connectivity index (χ3n) is 2.04. The second kappa shape index (κ2) is 6.54. The molecule has 0 saturated heterocycles. The summed E-state index contributed by atoms with van der Waals surface area (Å²) in [5, 5.41) is 0. The van der Waals surface area contributed by atoms with Gasteiger partial charge in [-0.1, -0.05) is 0 Å². The third kappa shape index (κ3) is 5.03. The maximum Gasteiger partial charge on any atom is 0.349 e. The molecule has 0 aliphatic carbocycles. The lowest BCUT2D eigenvalue weighted by molar-refractivity contribution is -0.145. The van der Waals surface area contributed by atoms with E-state index in [0.29, 0.717) is 19.4 Å². The Kier molecular flexibility index (Phi) is 5.02. The number of nitrogens with zero attached hydrogens (tertiary/aromatic N) is 2. The molecular formula is C10H17N5O2. The van der Waals surface area contributed by atoms with Gasteiger partial charge in [-0.3, -0.25) is 4.99 Å². The fourth-order valence-corrected chi connectivity index (χ4v) is 1.19. The van der Waals surface area contributed by atoms with E-state index < -0.39 is 12.0 Å². The number of carbonyl (C=O) groups excluding carboxylic acids is 1. The molecular weight excluding hydrogens is 222 g/mol. The predicted molar refractivity (Wildman–Crippen MR) is 63.9 cm³/mol. The molecule has 7 nitrogen and oxygen atoms in total. The molecule has 0 saturated carbocycles. The first-order chi connectivity index (χ1) is 8.09. The minimum Gasteiger partial charge on any atom is -0.370 e. The van der Waals surface area contributed by atoms with Crippen molar-refractivity contribution < 1.29 is 9.63 Å². The topological polar surface area (TPSA) is 122 Å². The Bertz CT molecular complexity index is 370. The van der Waals surface area contributed by atoms with Crippen molar-refractivity contribution in [1.29, 1.82) is 0 Å². The van der Waals surface area contributed by atoms with Crippen LogP contribution < -0.4 is 22.0 Å². The lowest BCUT2D eigenvalue weighted by Gasteiger charge is -2.10. The van der Waals surface area contributed by atoms with Gasteiger partial charge in [-0.05, 0) is 25.0 Å². The van der Waals surface area contributed by atoms with Crippen LogP contribution in [0.25, 0.3) is 0 Å². The SMILES string of the molecule is NC(N)=NCCC[C@H](N)C(=O)On1cccc1. The predicted octanol–water partition coefficient (Wildman–Crippen LogP) is -1.18. The summed E-state index contributed by atoms with van der Waals surface area (Å²) >= 11 is 0. The lowest BCUT2D eigenvalue weighted by Crippen LogP contribution is -2.37. The van der Waals surface area contributed by atoms with Gasteiger partial charge in [0.15, 0.2) is 5.96 Å². The first-order valence-electron chi connectivity index (χ1n) is 5.25. The molecule has 1 aromatic heterocycles. The molecule has 0 amide bonds. The Labute approximate surface area is 99.2 Å². The number of nitrogens with two attached hydrogens (primary N) is 3. The van der Waals surface area contributed by atoms with Gasteiger partial charge >= 0.3 is 5.97 Å². The van der Waals surface area contributed by atoms with Crippen molar-refractivity contribution >= 4 is 11.9 Å². The zero-order valence-electron chi connectivity index (χ0n) is 9.45. The number of aliphatic imine (C=N–C) groups is 1. The number of rotatable bonds is 6. The van der Waals surface area contributed by atoms with Crippen LogP contribution in [0.5, 0.6) is 0 Å². The van der Waals surface area contributed by atoms with E-state index in [1.54, 1.807) is 24.5 Å². The highest BCUT2D eigenvalue weighted by molar-refractivity contribution is 5.76. The van der Waals surface area contributed by atoms with Crippen LogP contribution >= 0.6 is 0 Å². The zero-order valence-corrected chi connectivity index (χ0v) is 9.45. The summed E-state index contributed by atoms with van der Waals surface area (Å²) in [5.74, 6) is -0.445. The van der Waals surface area contributed by atoms with E-state index in [2.05, 4.69) is 4.99 Å². The second-order valence-electron chi connectivity index (χ2n) is 3.51. The average molecular weight is 239 g/mol. The number of aromatic nitrogens is 1. The van der Waals surface area contributed by atoms with E-state index in [0.717, 1.165) is 0 Å². The number of hydrogen-bond acceptors (Lipinski definition) is 4. The highest BCUT2D eigenvalue weighted by atomic mass is 16.7. The van der Waals surface area contributed by atoms with E-state index in [4.69, 9.17) is 22.0 Å². The van der Waals surface area contributed by atoms with Gasteiger partial charge < -0.3 is 22.0 Å². The van der Waals surface area contributed by atoms with Crippen molar-refractivity contribution in [3.63, 3.8) is 0 Å². The summed E-state index contributed by atoms with van der Waals surface area (Å²) in [7, 11) is 0. The summed E-state index contributed by atoms with van der Waals surface area (Å²) < 4.78 is 1.30. The molecule has 0 aliphatic rings. The van der Waals surface area contributed by atoms with Gasteiger partial charge in [0.05, 0.1) is 0 Å². The molecule has 17 heavy (non-hydrogen) atoms. The van der Waals surface area contributed by atoms with E-state index in [1.807, 2.05) is 0 Å². The highest BCUT2D eigenvalue weighted by Gasteiger charge is 2.15. The van der Waals surface area contributed by atoms with E-state index in [9.17, 15) is 4.79 Å². The van der Waals surface area contributed by atoms with Gasteiger partial charge in [0.2, 0.25) is 0 Å². The molecule has 0 aromatic carbocycles. The largest absolute Gasteiger partial charge is 0.370 e. The third-order valence-corrected chi connectivity index (χ3v) is 2.04. The van der Waals surface area contributed by atoms with Crippen molar-refractivity contribution in [1.82, 2.24) is 4.73 Å². The molecule has 0 fully saturated rings. The molecule has 1 aromatic rings. The van der Waals surface area contributed by atoms with Crippen LogP contribution in [-0.2, 0) is 4.79 Å². The van der Waals surface area contributed by atoms with Crippen LogP contribution in [0.4, 0.5) is 0 Å². The van der Waals surface area contributed by atoms with Gasteiger partial charge in [0.1, 0.15) is 6.04 Å². The summed E-state index contributed by atoms with van der Waals surface area (Å²) in [5.41, 5.74) is 16.0. The van der Waals surface area contributed by atoms with E-state index in [-0.39, 0.29) is 5.96 Å². The second-order valence-corrected chi connectivity index (χ2v) is 3.51. The molecule has 6 N–H and O–H groups in total. The van der Waals surface area contributed by atoms with Gasteiger partial charge in [-0.25, -0.2) is 4.79 Å². The first-order valence-corrected chi connectivity index (χ1v) is 5.25. The molecule has 1 rings (SSSR count). The van der Waals surface area contributed by atoms with Crippen LogP contribution in [-0.4, -0.2) is 29.2 Å². The lowest BCUT2D eigenvalue weighted by atomic mass is 10.2. The van der Waals surface area contributed by atoms with Crippen LogP contribution in [0.3, 0.4) is 0 Å². The Morgan fingerprint density at radius 1 is 1.35 bits per heavy atom. The van der Waals surface area contributed by atoms with Gasteiger partial charge in [0, 0.05) is 18.9 Å². The smallest absolute Gasteiger partial charge is 0.349 e. The molecule has 0 aliphatic heterocycles. The summed E-state index contributed by atoms with van der Waals surface area (Å²) in [6, 6.07) is 2.82. The van der Waals surface area contributed by atoms with Crippen molar-refractivity contribution in [3.05, 3.63) is 24.5 Å². The maximum absolute atomic E-state index is 11.5. The van der Waals surface area contributed by atoms with Crippen LogP contribution in [0, 0.1) is 0 Å². The monoisotopic (exact) mass is 239 g/mol. The van der Waals surface area contributed by atoms with Crippen molar-refractivity contribution in [2.24, 2.45) is 22.2 Å². The standard InChI is InChI=1S/C10H17N5O2/c11-8(4-3-5-14-10(12)13)9(16)17-15-6-1-2-7-15/h1-2,6-8H,3-5,11H2,(H4,12,13,14)/t8-/m0/s1. The van der Waals surface area contributed by atoms with Gasteiger partial charge in [-0.2, -0.15) is 4.73 Å². The van der Waals surface area contributed by atoms with Crippen LogP contribution in [0.2, 0.25) is 0 Å². The van der Waals surface area contributed by atoms with Crippen LogP contribution in [0.15, 0.2) is 29.5 Å². The summed E-state index contributed by atoms with van der Waals surface area (Å²) in [4.78, 5) is 20.2. The molecule has 1 heterocycles. The fourth-order valence-electron chi connectivity index (χ4n) is 1.19. The van der Waals surface area contributed by atoms with Gasteiger partial charge in [0.25, 0.3) is 0 Å². The minimum absolute atomic E-state index is 0.0356. The average Bonchev–Trinajstić information content (AvgIpc) is 2.76. The molecule has 7 heteroatoms. The molecule has 0 bridgehead atoms. The zero-order chi connectivity index (χ0) is 12.7. The molecule has 0 radical (unpaired) electrons. The fraction of sp³-hybridized carbons (Fsp3) is 0.400.